The Morgan fingerprint density at radius 3 is 2.80 bits per heavy atom. The third-order valence-corrected chi connectivity index (χ3v) is 3.38. The van der Waals surface area contributed by atoms with Gasteiger partial charge in [-0.1, -0.05) is 17.7 Å². The van der Waals surface area contributed by atoms with Crippen molar-refractivity contribution in [3.63, 3.8) is 0 Å². The number of hydrogen-bond acceptors (Lipinski definition) is 4. The minimum absolute atomic E-state index is 0.0251. The number of rotatable bonds is 4. The van der Waals surface area contributed by atoms with E-state index >= 15 is 0 Å². The molecule has 1 unspecified atom stereocenters. The molecule has 1 saturated heterocycles. The van der Waals surface area contributed by atoms with Crippen LogP contribution in [0.4, 0.5) is 0 Å². The van der Waals surface area contributed by atoms with Gasteiger partial charge < -0.3 is 14.8 Å². The molecule has 5 heteroatoms. The molecular weight excluding hydrogens is 278 g/mol. The Balaban J connectivity index is 2.15. The van der Waals surface area contributed by atoms with Crippen molar-refractivity contribution in [3.05, 3.63) is 28.8 Å². The van der Waals surface area contributed by atoms with Gasteiger partial charge in [-0.25, -0.2) is 4.79 Å². The molecule has 1 heterocycles. The summed E-state index contributed by atoms with van der Waals surface area (Å²) in [7, 11) is 0. The van der Waals surface area contributed by atoms with Crippen LogP contribution >= 0.6 is 11.6 Å². The first-order valence-corrected chi connectivity index (χ1v) is 7.10. The van der Waals surface area contributed by atoms with Crippen LogP contribution in [0.25, 0.3) is 0 Å². The number of carbonyl (C=O) groups excluding carboxylic acids is 1. The predicted molar refractivity (Wildman–Crippen MR) is 78.0 cm³/mol. The van der Waals surface area contributed by atoms with Crippen LogP contribution in [0.3, 0.4) is 0 Å². The zero-order valence-electron chi connectivity index (χ0n) is 12.0. The normalized spacial score (nSPS) is 19.0. The molecule has 1 aromatic rings. The van der Waals surface area contributed by atoms with Crippen molar-refractivity contribution in [2.75, 3.05) is 6.61 Å². The van der Waals surface area contributed by atoms with E-state index in [1.165, 1.54) is 0 Å². The molecule has 1 atom stereocenters. The molecule has 0 aliphatic carbocycles. The van der Waals surface area contributed by atoms with Gasteiger partial charge in [-0.3, -0.25) is 0 Å². The van der Waals surface area contributed by atoms with Gasteiger partial charge in [0, 0.05) is 29.1 Å². The van der Waals surface area contributed by atoms with Gasteiger partial charge in [0.25, 0.3) is 0 Å². The van der Waals surface area contributed by atoms with E-state index in [4.69, 9.17) is 21.1 Å². The molecule has 1 aliphatic rings. The molecular formula is C15H20ClNO3. The Bertz CT molecular complexity index is 496. The largest absolute Gasteiger partial charge is 0.478 e. The van der Waals surface area contributed by atoms with Crippen LogP contribution in [0.1, 0.15) is 32.8 Å². The summed E-state index contributed by atoms with van der Waals surface area (Å²) in [6, 6.07) is 5.47. The van der Waals surface area contributed by atoms with E-state index in [0.29, 0.717) is 30.3 Å². The summed E-state index contributed by atoms with van der Waals surface area (Å²) in [4.78, 5) is 11.5. The van der Waals surface area contributed by atoms with Crippen molar-refractivity contribution in [3.8, 4) is 5.75 Å². The highest BCUT2D eigenvalue weighted by Crippen LogP contribution is 2.29. The molecule has 0 spiro atoms. The number of nitrogens with one attached hydrogen (secondary N) is 1. The first kappa shape index (κ1) is 15.1. The van der Waals surface area contributed by atoms with Crippen molar-refractivity contribution in [1.29, 1.82) is 0 Å². The summed E-state index contributed by atoms with van der Waals surface area (Å²) in [5.74, 6) is 0.331. The van der Waals surface area contributed by atoms with Crippen LogP contribution in [-0.2, 0) is 16.1 Å². The van der Waals surface area contributed by atoms with Gasteiger partial charge in [0.15, 0.2) is 6.10 Å². The zero-order valence-corrected chi connectivity index (χ0v) is 12.8. The molecule has 0 aromatic heterocycles. The second-order valence-corrected chi connectivity index (χ2v) is 6.29. The summed E-state index contributed by atoms with van der Waals surface area (Å²) in [6.07, 6.45) is 0.0548. The van der Waals surface area contributed by atoms with E-state index in [0.717, 1.165) is 5.56 Å². The van der Waals surface area contributed by atoms with Gasteiger partial charge in [0.2, 0.25) is 0 Å². The van der Waals surface area contributed by atoms with E-state index in [9.17, 15) is 4.79 Å². The smallest absolute Gasteiger partial charge is 0.347 e. The van der Waals surface area contributed by atoms with Crippen LogP contribution in [0.5, 0.6) is 5.75 Å². The van der Waals surface area contributed by atoms with Crippen LogP contribution in [0.15, 0.2) is 18.2 Å². The predicted octanol–water partition coefficient (Wildman–Crippen LogP) is 2.92. The van der Waals surface area contributed by atoms with Crippen molar-refractivity contribution in [2.45, 2.75) is 45.4 Å². The Kier molecular flexibility index (Phi) is 4.55. The lowest BCUT2D eigenvalue weighted by Crippen LogP contribution is -2.35. The van der Waals surface area contributed by atoms with Crippen molar-refractivity contribution >= 4 is 17.6 Å². The van der Waals surface area contributed by atoms with Gasteiger partial charge >= 0.3 is 5.97 Å². The number of halogens is 1. The number of cyclic esters (lactones) is 1. The molecule has 0 saturated carbocycles. The fourth-order valence-corrected chi connectivity index (χ4v) is 2.14. The average Bonchev–Trinajstić information content (AvgIpc) is 2.73. The fourth-order valence-electron chi connectivity index (χ4n) is 1.91. The third-order valence-electron chi connectivity index (χ3n) is 3.03. The molecule has 0 radical (unpaired) electrons. The van der Waals surface area contributed by atoms with E-state index in [1.54, 1.807) is 0 Å². The van der Waals surface area contributed by atoms with Crippen molar-refractivity contribution < 1.29 is 14.3 Å². The van der Waals surface area contributed by atoms with Crippen LogP contribution in [-0.4, -0.2) is 24.2 Å². The highest BCUT2D eigenvalue weighted by Gasteiger charge is 2.29. The Morgan fingerprint density at radius 2 is 2.20 bits per heavy atom. The Labute approximate surface area is 124 Å². The summed E-state index contributed by atoms with van der Waals surface area (Å²) in [5, 5.41) is 4.01. The summed E-state index contributed by atoms with van der Waals surface area (Å²) >= 11 is 6.24. The quantitative estimate of drug-likeness (QED) is 0.868. The summed E-state index contributed by atoms with van der Waals surface area (Å²) < 4.78 is 10.7. The first-order valence-electron chi connectivity index (χ1n) is 6.72. The third kappa shape index (κ3) is 3.87. The van der Waals surface area contributed by atoms with Gasteiger partial charge in [-0.05, 0) is 32.9 Å². The Hall–Kier alpha value is -1.26. The van der Waals surface area contributed by atoms with E-state index in [2.05, 4.69) is 26.1 Å². The maximum Gasteiger partial charge on any atom is 0.347 e. The van der Waals surface area contributed by atoms with Gasteiger partial charge in [0.1, 0.15) is 5.75 Å². The number of esters is 1. The second kappa shape index (κ2) is 6.02. The maximum absolute atomic E-state index is 11.5. The van der Waals surface area contributed by atoms with Gasteiger partial charge in [-0.2, -0.15) is 0 Å². The molecule has 2 rings (SSSR count). The summed E-state index contributed by atoms with van der Waals surface area (Å²) in [5.41, 5.74) is 0.840. The fraction of sp³-hybridized carbons (Fsp3) is 0.533. The standard InChI is InChI=1S/C15H20ClNO3/c1-15(2,3)17-9-10-11(16)5-4-6-12(10)20-13-7-8-19-14(13)18/h4-6,13,17H,7-9H2,1-3H3. The molecule has 1 N–H and O–H groups in total. The highest BCUT2D eigenvalue weighted by molar-refractivity contribution is 6.31. The molecule has 20 heavy (non-hydrogen) atoms. The minimum atomic E-state index is -0.526. The number of hydrogen-bond donors (Lipinski definition) is 1. The SMILES string of the molecule is CC(C)(C)NCc1c(Cl)cccc1OC1CCOC1=O. The second-order valence-electron chi connectivity index (χ2n) is 5.88. The van der Waals surface area contributed by atoms with E-state index in [-0.39, 0.29) is 11.5 Å². The van der Waals surface area contributed by atoms with Crippen LogP contribution in [0.2, 0.25) is 5.02 Å². The molecule has 4 nitrogen and oxygen atoms in total. The number of carbonyl (C=O) groups is 1. The van der Waals surface area contributed by atoms with Crippen LogP contribution < -0.4 is 10.1 Å². The van der Waals surface area contributed by atoms with Crippen molar-refractivity contribution in [2.24, 2.45) is 0 Å². The molecule has 1 fully saturated rings. The molecule has 1 aliphatic heterocycles. The Morgan fingerprint density at radius 1 is 1.45 bits per heavy atom. The first-order chi connectivity index (χ1) is 9.37. The number of ether oxygens (including phenoxy) is 2. The highest BCUT2D eigenvalue weighted by atomic mass is 35.5. The monoisotopic (exact) mass is 297 g/mol. The number of benzene rings is 1. The molecule has 0 bridgehead atoms. The molecule has 0 amide bonds. The molecule has 110 valence electrons. The summed E-state index contributed by atoms with van der Waals surface area (Å²) in [6.45, 7) is 7.25. The topological polar surface area (TPSA) is 47.6 Å². The average molecular weight is 298 g/mol. The minimum Gasteiger partial charge on any atom is -0.478 e. The zero-order chi connectivity index (χ0) is 14.8. The lowest BCUT2D eigenvalue weighted by molar-refractivity contribution is -0.143. The van der Waals surface area contributed by atoms with E-state index in [1.807, 2.05) is 18.2 Å². The van der Waals surface area contributed by atoms with Gasteiger partial charge in [-0.15, -0.1) is 0 Å². The van der Waals surface area contributed by atoms with E-state index < -0.39 is 6.10 Å². The van der Waals surface area contributed by atoms with Gasteiger partial charge in [0.05, 0.1) is 6.61 Å². The molecule has 1 aromatic carbocycles. The maximum atomic E-state index is 11.5. The van der Waals surface area contributed by atoms with Crippen LogP contribution in [0, 0.1) is 0 Å². The van der Waals surface area contributed by atoms with Crippen molar-refractivity contribution in [1.82, 2.24) is 5.32 Å². The lowest BCUT2D eigenvalue weighted by Gasteiger charge is -2.22. The lowest BCUT2D eigenvalue weighted by atomic mass is 10.1.